The number of hydrogen-bond acceptors (Lipinski definition) is 2. The Morgan fingerprint density at radius 2 is 1.79 bits per heavy atom. The van der Waals surface area contributed by atoms with Crippen LogP contribution in [-0.4, -0.2) is 28.3 Å². The molecule has 0 saturated carbocycles. The lowest BCUT2D eigenvalue weighted by Crippen LogP contribution is -2.44. The zero-order valence-corrected chi connectivity index (χ0v) is 16.7. The topological polar surface area (TPSA) is 25.2 Å². The minimum absolute atomic E-state index is 0.325. The molecule has 3 aromatic rings. The van der Waals surface area contributed by atoms with E-state index in [-0.39, 0.29) is 0 Å². The molecule has 0 bridgehead atoms. The van der Waals surface area contributed by atoms with Crippen LogP contribution in [-0.2, 0) is 17.8 Å². The Hall–Kier alpha value is -2.65. The number of hydrogen-bond donors (Lipinski definition) is 0. The van der Waals surface area contributed by atoms with Gasteiger partial charge in [-0.2, -0.15) is 0 Å². The van der Waals surface area contributed by atoms with Crippen LogP contribution in [0.15, 0.2) is 66.2 Å². The van der Waals surface area contributed by atoms with Crippen LogP contribution in [0.5, 0.6) is 0 Å². The number of carbonyl (C=O) groups excluding carboxylic acids is 1. The molecular formula is C26H26N2O. The van der Waals surface area contributed by atoms with Crippen LogP contribution in [0.25, 0.3) is 10.9 Å². The number of aromatic nitrogens is 1. The first-order chi connectivity index (χ1) is 14.3. The van der Waals surface area contributed by atoms with Crippen molar-refractivity contribution >= 4 is 16.7 Å². The SMILES string of the molecule is O=C1C=C2C[C@H]3c4c(c5ccccc5n4Cc4ccccc4)CCN3C[C@@H]2CC1. The molecular weight excluding hydrogens is 356 g/mol. The van der Waals surface area contributed by atoms with E-state index in [2.05, 4.69) is 64.1 Å². The van der Waals surface area contributed by atoms with E-state index in [0.717, 1.165) is 45.3 Å². The summed E-state index contributed by atoms with van der Waals surface area (Å²) in [6.07, 6.45) is 5.87. The van der Waals surface area contributed by atoms with Crippen molar-refractivity contribution in [2.24, 2.45) is 5.92 Å². The third-order valence-electron chi connectivity index (χ3n) is 7.20. The molecule has 3 nitrogen and oxygen atoms in total. The van der Waals surface area contributed by atoms with Crippen LogP contribution >= 0.6 is 0 Å². The van der Waals surface area contributed by atoms with Crippen molar-refractivity contribution < 1.29 is 4.79 Å². The van der Waals surface area contributed by atoms with Crippen molar-refractivity contribution in [2.75, 3.05) is 13.1 Å². The molecule has 3 heteroatoms. The van der Waals surface area contributed by atoms with Gasteiger partial charge < -0.3 is 4.57 Å². The van der Waals surface area contributed by atoms with Crippen LogP contribution in [0.2, 0.25) is 0 Å². The summed E-state index contributed by atoms with van der Waals surface area (Å²) in [5.41, 5.74) is 7.09. The van der Waals surface area contributed by atoms with Gasteiger partial charge in [-0.3, -0.25) is 9.69 Å². The Morgan fingerprint density at radius 3 is 2.69 bits per heavy atom. The number of nitrogens with zero attached hydrogens (tertiary/aromatic N) is 2. The summed E-state index contributed by atoms with van der Waals surface area (Å²) in [4.78, 5) is 14.8. The second-order valence-corrected chi connectivity index (χ2v) is 8.84. The van der Waals surface area contributed by atoms with Crippen molar-refractivity contribution in [3.63, 3.8) is 0 Å². The highest BCUT2D eigenvalue weighted by molar-refractivity contribution is 5.91. The van der Waals surface area contributed by atoms with Gasteiger partial charge in [0.2, 0.25) is 0 Å². The highest BCUT2D eigenvalue weighted by atomic mass is 16.1. The zero-order valence-electron chi connectivity index (χ0n) is 16.7. The average molecular weight is 383 g/mol. The van der Waals surface area contributed by atoms with Crippen LogP contribution in [0.1, 0.15) is 42.1 Å². The molecule has 0 unspecified atom stereocenters. The predicted molar refractivity (Wildman–Crippen MR) is 116 cm³/mol. The highest BCUT2D eigenvalue weighted by Gasteiger charge is 2.39. The normalized spacial score (nSPS) is 24.0. The molecule has 1 saturated heterocycles. The Kier molecular flexibility index (Phi) is 3.98. The Bertz CT molecular complexity index is 1120. The van der Waals surface area contributed by atoms with Gasteiger partial charge in [-0.05, 0) is 48.4 Å². The lowest BCUT2D eigenvalue weighted by molar-refractivity contribution is -0.115. The molecule has 0 amide bonds. The van der Waals surface area contributed by atoms with Gasteiger partial charge in [0, 0.05) is 42.7 Å². The quantitative estimate of drug-likeness (QED) is 0.630. The molecule has 0 N–H and O–H groups in total. The minimum atomic E-state index is 0.325. The van der Waals surface area contributed by atoms with E-state index in [4.69, 9.17) is 0 Å². The number of benzene rings is 2. The predicted octanol–water partition coefficient (Wildman–Crippen LogP) is 4.90. The number of fused-ring (bicyclic) bond motifs is 6. The summed E-state index contributed by atoms with van der Waals surface area (Å²) in [6.45, 7) is 3.15. The van der Waals surface area contributed by atoms with E-state index in [1.54, 1.807) is 0 Å². The molecule has 2 aliphatic heterocycles. The third-order valence-corrected chi connectivity index (χ3v) is 7.20. The van der Waals surface area contributed by atoms with Crippen molar-refractivity contribution in [1.29, 1.82) is 0 Å². The summed E-state index contributed by atoms with van der Waals surface area (Å²) in [5, 5.41) is 1.41. The summed E-state index contributed by atoms with van der Waals surface area (Å²) in [7, 11) is 0. The molecule has 2 atom stereocenters. The maximum absolute atomic E-state index is 12.1. The number of piperidine rings is 1. The van der Waals surface area contributed by atoms with Crippen LogP contribution in [0.3, 0.4) is 0 Å². The zero-order chi connectivity index (χ0) is 19.4. The molecule has 1 fully saturated rings. The molecule has 146 valence electrons. The molecule has 6 rings (SSSR count). The average Bonchev–Trinajstić information content (AvgIpc) is 3.07. The number of allylic oxidation sites excluding steroid dienone is 1. The third kappa shape index (κ3) is 2.79. The van der Waals surface area contributed by atoms with Crippen LogP contribution < -0.4 is 0 Å². The second kappa shape index (κ2) is 6.70. The largest absolute Gasteiger partial charge is 0.338 e. The molecule has 1 aliphatic carbocycles. The van der Waals surface area contributed by atoms with Gasteiger partial charge in [-0.15, -0.1) is 0 Å². The molecule has 3 heterocycles. The summed E-state index contributed by atoms with van der Waals surface area (Å²) >= 11 is 0. The number of rotatable bonds is 2. The van der Waals surface area contributed by atoms with Crippen molar-refractivity contribution in [2.45, 2.75) is 38.3 Å². The smallest absolute Gasteiger partial charge is 0.155 e. The lowest BCUT2D eigenvalue weighted by atomic mass is 9.77. The van der Waals surface area contributed by atoms with E-state index in [0.29, 0.717) is 17.7 Å². The van der Waals surface area contributed by atoms with E-state index >= 15 is 0 Å². The Labute approximate surface area is 171 Å². The van der Waals surface area contributed by atoms with Crippen molar-refractivity contribution in [3.05, 3.63) is 83.1 Å². The first-order valence-electron chi connectivity index (χ1n) is 10.9. The second-order valence-electron chi connectivity index (χ2n) is 8.84. The highest BCUT2D eigenvalue weighted by Crippen LogP contribution is 2.46. The molecule has 0 spiro atoms. The van der Waals surface area contributed by atoms with E-state index < -0.39 is 0 Å². The summed E-state index contributed by atoms with van der Waals surface area (Å²) in [5.74, 6) is 0.906. The van der Waals surface area contributed by atoms with Gasteiger partial charge in [-0.1, -0.05) is 54.1 Å². The fourth-order valence-corrected chi connectivity index (χ4v) is 5.84. The maximum atomic E-state index is 12.1. The molecule has 2 aromatic carbocycles. The van der Waals surface area contributed by atoms with Gasteiger partial charge in [0.05, 0.1) is 6.04 Å². The van der Waals surface area contributed by atoms with Crippen molar-refractivity contribution in [3.8, 4) is 0 Å². The number of para-hydroxylation sites is 1. The fraction of sp³-hybridized carbons (Fsp3) is 0.346. The standard InChI is InChI=1S/C26H26N2O/c29-21-11-10-19-17-27-13-12-23-22-8-4-5-9-24(22)28(16-18-6-2-1-3-7-18)26(23)25(27)15-20(19)14-21/h1-9,14,19,25H,10-13,15-17H2/t19-,25-/m0/s1. The Balaban J connectivity index is 1.50. The monoisotopic (exact) mass is 382 g/mol. The molecule has 3 aliphatic rings. The first kappa shape index (κ1) is 17.2. The minimum Gasteiger partial charge on any atom is -0.338 e. The fourth-order valence-electron chi connectivity index (χ4n) is 5.84. The first-order valence-corrected chi connectivity index (χ1v) is 10.9. The Morgan fingerprint density at radius 1 is 0.966 bits per heavy atom. The molecule has 0 radical (unpaired) electrons. The van der Waals surface area contributed by atoms with Gasteiger partial charge in [0.15, 0.2) is 5.78 Å². The van der Waals surface area contributed by atoms with E-state index in [1.807, 2.05) is 6.08 Å². The van der Waals surface area contributed by atoms with Crippen LogP contribution in [0.4, 0.5) is 0 Å². The summed E-state index contributed by atoms with van der Waals surface area (Å²) < 4.78 is 2.56. The van der Waals surface area contributed by atoms with Gasteiger partial charge >= 0.3 is 0 Å². The van der Waals surface area contributed by atoms with Gasteiger partial charge in [0.25, 0.3) is 0 Å². The molecule has 29 heavy (non-hydrogen) atoms. The lowest BCUT2D eigenvalue weighted by Gasteiger charge is -2.45. The molecule has 1 aromatic heterocycles. The number of carbonyl (C=O) groups is 1. The van der Waals surface area contributed by atoms with Crippen LogP contribution in [0, 0.1) is 5.92 Å². The maximum Gasteiger partial charge on any atom is 0.155 e. The number of ketones is 1. The van der Waals surface area contributed by atoms with E-state index in [1.165, 1.54) is 33.3 Å². The van der Waals surface area contributed by atoms with Gasteiger partial charge in [0.1, 0.15) is 0 Å². The summed E-state index contributed by atoms with van der Waals surface area (Å²) in [6, 6.07) is 20.1. The van der Waals surface area contributed by atoms with Crippen molar-refractivity contribution in [1.82, 2.24) is 9.47 Å². The van der Waals surface area contributed by atoms with Gasteiger partial charge in [-0.25, -0.2) is 0 Å². The van der Waals surface area contributed by atoms with E-state index in [9.17, 15) is 4.79 Å².